The van der Waals surface area contributed by atoms with Crippen LogP contribution in [0.5, 0.6) is 0 Å². The number of hydrogen-bond acceptors (Lipinski definition) is 1. The van der Waals surface area contributed by atoms with Crippen molar-refractivity contribution in [1.82, 2.24) is 0 Å². The summed E-state index contributed by atoms with van der Waals surface area (Å²) in [4.78, 5) is 0. The Labute approximate surface area is 86.8 Å². The van der Waals surface area contributed by atoms with Crippen LogP contribution in [0.25, 0.3) is 0 Å². The second-order valence-electron chi connectivity index (χ2n) is 4.13. The molecule has 0 saturated heterocycles. The highest BCUT2D eigenvalue weighted by Gasteiger charge is 2.02. The van der Waals surface area contributed by atoms with Crippen LogP contribution in [0.3, 0.4) is 0 Å². The molecule has 1 N–H and O–H groups in total. The summed E-state index contributed by atoms with van der Waals surface area (Å²) in [6.45, 7) is 12.3. The predicted octanol–water partition coefficient (Wildman–Crippen LogP) is 4.06. The van der Waals surface area contributed by atoms with Gasteiger partial charge in [0.2, 0.25) is 0 Å². The zero-order valence-electron chi connectivity index (χ0n) is 9.52. The highest BCUT2D eigenvalue weighted by atomic mass is 14.9. The molecule has 0 aliphatic rings. The van der Waals surface area contributed by atoms with Crippen molar-refractivity contribution >= 4 is 5.69 Å². The summed E-state index contributed by atoms with van der Waals surface area (Å²) in [6, 6.07) is 6.53. The Hall–Kier alpha value is -1.24. The second kappa shape index (κ2) is 4.32. The first-order valence-electron chi connectivity index (χ1n) is 5.03. The summed E-state index contributed by atoms with van der Waals surface area (Å²) in [5.74, 6) is 0.590. The smallest absolute Gasteiger partial charge is 0.0411 e. The van der Waals surface area contributed by atoms with Gasteiger partial charge in [0, 0.05) is 11.4 Å². The van der Waals surface area contributed by atoms with E-state index in [1.165, 1.54) is 11.1 Å². The zero-order chi connectivity index (χ0) is 10.7. The van der Waals surface area contributed by atoms with E-state index < -0.39 is 0 Å². The van der Waals surface area contributed by atoms with Crippen LogP contribution in [0.2, 0.25) is 0 Å². The van der Waals surface area contributed by atoms with Gasteiger partial charge in [0.1, 0.15) is 0 Å². The van der Waals surface area contributed by atoms with E-state index in [0.717, 1.165) is 11.4 Å². The van der Waals surface area contributed by atoms with Gasteiger partial charge in [-0.05, 0) is 37.0 Å². The number of hydrogen-bond donors (Lipinski definition) is 1. The van der Waals surface area contributed by atoms with Gasteiger partial charge in [0.15, 0.2) is 0 Å². The quantitative estimate of drug-likeness (QED) is 0.756. The Morgan fingerprint density at radius 1 is 1.36 bits per heavy atom. The molecule has 0 spiro atoms. The molecular formula is C13H19N. The topological polar surface area (TPSA) is 12.0 Å². The molecule has 14 heavy (non-hydrogen) atoms. The fourth-order valence-electron chi connectivity index (χ4n) is 1.42. The van der Waals surface area contributed by atoms with Crippen LogP contribution in [-0.4, -0.2) is 0 Å². The van der Waals surface area contributed by atoms with Gasteiger partial charge < -0.3 is 5.32 Å². The van der Waals surface area contributed by atoms with Crippen LogP contribution >= 0.6 is 0 Å². The molecule has 0 atom stereocenters. The van der Waals surface area contributed by atoms with E-state index in [0.29, 0.717) is 5.92 Å². The van der Waals surface area contributed by atoms with E-state index in [4.69, 9.17) is 0 Å². The third-order valence-corrected chi connectivity index (χ3v) is 2.27. The first kappa shape index (κ1) is 10.8. The molecule has 76 valence electrons. The molecular weight excluding hydrogens is 170 g/mol. The largest absolute Gasteiger partial charge is 0.360 e. The van der Waals surface area contributed by atoms with Crippen molar-refractivity contribution in [3.8, 4) is 0 Å². The molecule has 1 aromatic carbocycles. The maximum absolute atomic E-state index is 3.84. The van der Waals surface area contributed by atoms with Crippen molar-refractivity contribution in [1.29, 1.82) is 0 Å². The molecule has 0 amide bonds. The van der Waals surface area contributed by atoms with Gasteiger partial charge in [-0.2, -0.15) is 0 Å². The highest BCUT2D eigenvalue weighted by molar-refractivity contribution is 5.55. The standard InChI is InChI=1S/C13H19N/c1-9(2)12-6-7-13(11(5)8-12)14-10(3)4/h6-9,14H,3H2,1-2,4-5H3. The van der Waals surface area contributed by atoms with Gasteiger partial charge in [-0.1, -0.05) is 32.6 Å². The average molecular weight is 189 g/mol. The normalized spacial score (nSPS) is 10.4. The maximum atomic E-state index is 3.84. The lowest BCUT2D eigenvalue weighted by molar-refractivity contribution is 0.865. The summed E-state index contributed by atoms with van der Waals surface area (Å²) in [5, 5.41) is 3.24. The van der Waals surface area contributed by atoms with E-state index in [-0.39, 0.29) is 0 Å². The SMILES string of the molecule is C=C(C)Nc1ccc(C(C)C)cc1C. The third-order valence-electron chi connectivity index (χ3n) is 2.27. The molecule has 0 fully saturated rings. The molecule has 0 unspecified atom stereocenters. The molecule has 0 aliphatic heterocycles. The Morgan fingerprint density at radius 2 is 2.00 bits per heavy atom. The first-order chi connectivity index (χ1) is 6.50. The highest BCUT2D eigenvalue weighted by Crippen LogP contribution is 2.22. The van der Waals surface area contributed by atoms with Crippen LogP contribution in [-0.2, 0) is 0 Å². The van der Waals surface area contributed by atoms with Crippen molar-refractivity contribution in [2.45, 2.75) is 33.6 Å². The van der Waals surface area contributed by atoms with Crippen molar-refractivity contribution in [3.63, 3.8) is 0 Å². The van der Waals surface area contributed by atoms with Gasteiger partial charge in [-0.15, -0.1) is 0 Å². The summed E-state index contributed by atoms with van der Waals surface area (Å²) in [7, 11) is 0. The van der Waals surface area contributed by atoms with Gasteiger partial charge in [0.05, 0.1) is 0 Å². The van der Waals surface area contributed by atoms with Gasteiger partial charge >= 0.3 is 0 Å². The molecule has 1 rings (SSSR count). The number of anilines is 1. The molecule has 0 heterocycles. The Bertz CT molecular complexity index is 337. The minimum atomic E-state index is 0.590. The van der Waals surface area contributed by atoms with Crippen LogP contribution in [0.15, 0.2) is 30.5 Å². The first-order valence-corrected chi connectivity index (χ1v) is 5.03. The molecule has 0 radical (unpaired) electrons. The van der Waals surface area contributed by atoms with E-state index in [1.807, 2.05) is 6.92 Å². The zero-order valence-corrected chi connectivity index (χ0v) is 9.52. The molecule has 1 heteroatoms. The Morgan fingerprint density at radius 3 is 2.43 bits per heavy atom. The van der Waals surface area contributed by atoms with Gasteiger partial charge in [-0.3, -0.25) is 0 Å². The maximum Gasteiger partial charge on any atom is 0.0411 e. The number of allylic oxidation sites excluding steroid dienone is 1. The van der Waals surface area contributed by atoms with E-state index in [1.54, 1.807) is 0 Å². The van der Waals surface area contributed by atoms with E-state index in [2.05, 4.69) is 50.9 Å². The number of nitrogens with one attached hydrogen (secondary N) is 1. The minimum Gasteiger partial charge on any atom is -0.360 e. The predicted molar refractivity (Wildman–Crippen MR) is 63.7 cm³/mol. The van der Waals surface area contributed by atoms with Gasteiger partial charge in [0.25, 0.3) is 0 Å². The molecule has 0 aliphatic carbocycles. The lowest BCUT2D eigenvalue weighted by atomic mass is 10.0. The molecule has 0 saturated carbocycles. The third kappa shape index (κ3) is 2.63. The fourth-order valence-corrected chi connectivity index (χ4v) is 1.42. The van der Waals surface area contributed by atoms with Crippen molar-refractivity contribution in [2.75, 3.05) is 5.32 Å². The fraction of sp³-hybridized carbons (Fsp3) is 0.385. The van der Waals surface area contributed by atoms with Crippen LogP contribution in [0.1, 0.15) is 37.8 Å². The Kier molecular flexibility index (Phi) is 3.34. The minimum absolute atomic E-state index is 0.590. The molecule has 1 nitrogen and oxygen atoms in total. The lowest BCUT2D eigenvalue weighted by Gasteiger charge is -2.12. The van der Waals surface area contributed by atoms with Crippen molar-refractivity contribution in [2.24, 2.45) is 0 Å². The number of benzene rings is 1. The van der Waals surface area contributed by atoms with Crippen molar-refractivity contribution in [3.05, 3.63) is 41.6 Å². The monoisotopic (exact) mass is 189 g/mol. The molecule has 0 aromatic heterocycles. The van der Waals surface area contributed by atoms with Crippen LogP contribution in [0, 0.1) is 6.92 Å². The van der Waals surface area contributed by atoms with E-state index in [9.17, 15) is 0 Å². The summed E-state index contributed by atoms with van der Waals surface area (Å²) in [6.07, 6.45) is 0. The van der Waals surface area contributed by atoms with Crippen LogP contribution < -0.4 is 5.32 Å². The average Bonchev–Trinajstić information content (AvgIpc) is 2.07. The summed E-state index contributed by atoms with van der Waals surface area (Å²) in [5.41, 5.74) is 4.79. The van der Waals surface area contributed by atoms with E-state index >= 15 is 0 Å². The molecule has 1 aromatic rings. The number of aryl methyl sites for hydroxylation is 1. The second-order valence-corrected chi connectivity index (χ2v) is 4.13. The van der Waals surface area contributed by atoms with Gasteiger partial charge in [-0.25, -0.2) is 0 Å². The summed E-state index contributed by atoms with van der Waals surface area (Å²) >= 11 is 0. The molecule has 0 bridgehead atoms. The lowest BCUT2D eigenvalue weighted by Crippen LogP contribution is -1.97. The summed E-state index contributed by atoms with van der Waals surface area (Å²) < 4.78 is 0. The Balaban J connectivity index is 2.95. The number of rotatable bonds is 3. The van der Waals surface area contributed by atoms with Crippen molar-refractivity contribution < 1.29 is 0 Å². The van der Waals surface area contributed by atoms with Crippen LogP contribution in [0.4, 0.5) is 5.69 Å².